The van der Waals surface area contributed by atoms with Crippen molar-refractivity contribution in [3.63, 3.8) is 0 Å². The molecule has 0 aromatic heterocycles. The van der Waals surface area contributed by atoms with Crippen LogP contribution in [0.25, 0.3) is 0 Å². The van der Waals surface area contributed by atoms with Crippen molar-refractivity contribution in [2.24, 2.45) is 0 Å². The van der Waals surface area contributed by atoms with Crippen molar-refractivity contribution in [1.29, 1.82) is 0 Å². The van der Waals surface area contributed by atoms with Crippen molar-refractivity contribution in [3.05, 3.63) is 35.9 Å². The highest BCUT2D eigenvalue weighted by Crippen LogP contribution is 2.13. The molecule has 2 nitrogen and oxygen atoms in total. The van der Waals surface area contributed by atoms with Gasteiger partial charge in [0.1, 0.15) is 0 Å². The maximum atomic E-state index is 3.36. The van der Waals surface area contributed by atoms with Crippen LogP contribution in [0.3, 0.4) is 0 Å². The maximum Gasteiger partial charge on any atom is 0.0233 e. The van der Waals surface area contributed by atoms with E-state index in [1.54, 1.807) is 0 Å². The van der Waals surface area contributed by atoms with E-state index in [2.05, 4.69) is 47.6 Å². The molecule has 0 bridgehead atoms. The minimum absolute atomic E-state index is 0. The predicted molar refractivity (Wildman–Crippen MR) is 71.0 cm³/mol. The molecule has 0 atom stereocenters. The Bertz CT molecular complexity index is 281. The minimum Gasteiger partial charge on any atom is -0.317 e. The molecule has 3 heteroatoms. The highest BCUT2D eigenvalue weighted by atomic mass is 35.5. The van der Waals surface area contributed by atoms with Crippen LogP contribution in [0.5, 0.6) is 0 Å². The number of hydrogen-bond donors (Lipinski definition) is 1. The van der Waals surface area contributed by atoms with Crippen molar-refractivity contribution >= 4 is 12.4 Å². The minimum atomic E-state index is 0. The molecular weight excluding hydrogens is 220 g/mol. The fourth-order valence-electron chi connectivity index (χ4n) is 2.22. The van der Waals surface area contributed by atoms with Gasteiger partial charge in [0.2, 0.25) is 0 Å². The second-order valence-electron chi connectivity index (χ2n) is 4.32. The molecule has 1 aliphatic heterocycles. The number of nitrogens with one attached hydrogen (secondary N) is 1. The van der Waals surface area contributed by atoms with E-state index in [1.807, 2.05) is 0 Å². The summed E-state index contributed by atoms with van der Waals surface area (Å²) in [5, 5.41) is 3.36. The predicted octanol–water partition coefficient (Wildman–Crippen LogP) is 2.29. The van der Waals surface area contributed by atoms with Crippen LogP contribution in [-0.2, 0) is 6.54 Å². The Morgan fingerprint density at radius 2 is 1.81 bits per heavy atom. The van der Waals surface area contributed by atoms with Crippen LogP contribution < -0.4 is 5.32 Å². The van der Waals surface area contributed by atoms with Gasteiger partial charge in [-0.2, -0.15) is 0 Å². The van der Waals surface area contributed by atoms with E-state index >= 15 is 0 Å². The standard InChI is InChI=1S/C13H20N2.ClH/c1-14-13-7-9-15(10-8-13)11-12-5-3-2-4-6-12;/h2-6,13-14H,7-11H2,1H3;1H. The smallest absolute Gasteiger partial charge is 0.0233 e. The lowest BCUT2D eigenvalue weighted by atomic mass is 10.0. The van der Waals surface area contributed by atoms with Gasteiger partial charge in [0.25, 0.3) is 0 Å². The van der Waals surface area contributed by atoms with E-state index < -0.39 is 0 Å². The topological polar surface area (TPSA) is 15.3 Å². The van der Waals surface area contributed by atoms with Crippen LogP contribution in [0.4, 0.5) is 0 Å². The first-order chi connectivity index (χ1) is 7.38. The van der Waals surface area contributed by atoms with Gasteiger partial charge < -0.3 is 5.32 Å². The second-order valence-corrected chi connectivity index (χ2v) is 4.32. The van der Waals surface area contributed by atoms with Crippen LogP contribution in [0.15, 0.2) is 30.3 Å². The largest absolute Gasteiger partial charge is 0.317 e. The molecule has 2 rings (SSSR count). The molecule has 0 amide bonds. The molecule has 1 fully saturated rings. The average molecular weight is 241 g/mol. The number of nitrogens with zero attached hydrogens (tertiary/aromatic N) is 1. The second kappa shape index (κ2) is 6.89. The molecule has 0 spiro atoms. The van der Waals surface area contributed by atoms with Gasteiger partial charge in [-0.15, -0.1) is 12.4 Å². The zero-order chi connectivity index (χ0) is 10.5. The van der Waals surface area contributed by atoms with E-state index in [9.17, 15) is 0 Å². The van der Waals surface area contributed by atoms with E-state index in [-0.39, 0.29) is 12.4 Å². The van der Waals surface area contributed by atoms with Crippen LogP contribution in [-0.4, -0.2) is 31.1 Å². The molecule has 1 aromatic carbocycles. The van der Waals surface area contributed by atoms with Crippen LogP contribution in [0.1, 0.15) is 18.4 Å². The van der Waals surface area contributed by atoms with Crippen LogP contribution >= 0.6 is 12.4 Å². The molecule has 1 N–H and O–H groups in total. The summed E-state index contributed by atoms with van der Waals surface area (Å²) < 4.78 is 0. The van der Waals surface area contributed by atoms with E-state index in [1.165, 1.54) is 31.5 Å². The number of halogens is 1. The lowest BCUT2D eigenvalue weighted by molar-refractivity contribution is 0.194. The zero-order valence-corrected chi connectivity index (χ0v) is 10.7. The van der Waals surface area contributed by atoms with E-state index in [0.717, 1.165) is 12.6 Å². The fraction of sp³-hybridized carbons (Fsp3) is 0.538. The first kappa shape index (κ1) is 13.5. The lowest BCUT2D eigenvalue weighted by Crippen LogP contribution is -2.40. The quantitative estimate of drug-likeness (QED) is 0.872. The van der Waals surface area contributed by atoms with Gasteiger partial charge in [-0.1, -0.05) is 30.3 Å². The molecular formula is C13H21ClN2. The average Bonchev–Trinajstić information content (AvgIpc) is 2.31. The molecule has 1 aliphatic rings. The fourth-order valence-corrected chi connectivity index (χ4v) is 2.22. The Hall–Kier alpha value is -0.570. The molecule has 0 saturated carbocycles. The normalized spacial score (nSPS) is 18.1. The lowest BCUT2D eigenvalue weighted by Gasteiger charge is -2.31. The maximum absolute atomic E-state index is 3.36. The third-order valence-corrected chi connectivity index (χ3v) is 3.24. The van der Waals surface area contributed by atoms with Gasteiger partial charge in [-0.3, -0.25) is 4.90 Å². The Kier molecular flexibility index (Phi) is 5.81. The van der Waals surface area contributed by atoms with Gasteiger partial charge in [-0.05, 0) is 38.5 Å². The Labute approximate surface area is 104 Å². The highest BCUT2D eigenvalue weighted by molar-refractivity contribution is 5.85. The highest BCUT2D eigenvalue weighted by Gasteiger charge is 2.17. The summed E-state index contributed by atoms with van der Waals surface area (Å²) in [6.45, 7) is 3.55. The van der Waals surface area contributed by atoms with Crippen molar-refractivity contribution in [2.75, 3.05) is 20.1 Å². The SMILES string of the molecule is CNC1CCN(Cc2ccccc2)CC1.Cl. The Morgan fingerprint density at radius 3 is 2.38 bits per heavy atom. The van der Waals surface area contributed by atoms with Crippen molar-refractivity contribution in [3.8, 4) is 0 Å². The molecule has 0 aliphatic carbocycles. The third-order valence-electron chi connectivity index (χ3n) is 3.24. The van der Waals surface area contributed by atoms with Gasteiger partial charge in [0, 0.05) is 12.6 Å². The van der Waals surface area contributed by atoms with Crippen LogP contribution in [0, 0.1) is 0 Å². The van der Waals surface area contributed by atoms with E-state index in [4.69, 9.17) is 0 Å². The Morgan fingerprint density at radius 1 is 1.19 bits per heavy atom. The summed E-state index contributed by atoms with van der Waals surface area (Å²) in [6.07, 6.45) is 2.56. The van der Waals surface area contributed by atoms with Crippen molar-refractivity contribution in [1.82, 2.24) is 10.2 Å². The third kappa shape index (κ3) is 3.78. The molecule has 1 saturated heterocycles. The summed E-state index contributed by atoms with van der Waals surface area (Å²) in [5.74, 6) is 0. The van der Waals surface area contributed by atoms with Crippen molar-refractivity contribution in [2.45, 2.75) is 25.4 Å². The van der Waals surface area contributed by atoms with Crippen LogP contribution in [0.2, 0.25) is 0 Å². The Balaban J connectivity index is 0.00000128. The number of hydrogen-bond acceptors (Lipinski definition) is 2. The van der Waals surface area contributed by atoms with Gasteiger partial charge in [-0.25, -0.2) is 0 Å². The monoisotopic (exact) mass is 240 g/mol. The number of piperidine rings is 1. The number of benzene rings is 1. The molecule has 90 valence electrons. The molecule has 1 heterocycles. The summed E-state index contributed by atoms with van der Waals surface area (Å²) >= 11 is 0. The van der Waals surface area contributed by atoms with Gasteiger partial charge in [0.15, 0.2) is 0 Å². The van der Waals surface area contributed by atoms with Crippen molar-refractivity contribution < 1.29 is 0 Å². The summed E-state index contributed by atoms with van der Waals surface area (Å²) in [5.41, 5.74) is 1.43. The first-order valence-electron chi connectivity index (χ1n) is 5.82. The first-order valence-corrected chi connectivity index (χ1v) is 5.82. The van der Waals surface area contributed by atoms with Gasteiger partial charge >= 0.3 is 0 Å². The number of likely N-dealkylation sites (tertiary alicyclic amines) is 1. The summed E-state index contributed by atoms with van der Waals surface area (Å²) in [6, 6.07) is 11.5. The molecule has 0 radical (unpaired) electrons. The zero-order valence-electron chi connectivity index (χ0n) is 9.86. The molecule has 16 heavy (non-hydrogen) atoms. The van der Waals surface area contributed by atoms with Gasteiger partial charge in [0.05, 0.1) is 0 Å². The molecule has 0 unspecified atom stereocenters. The molecule has 1 aromatic rings. The number of rotatable bonds is 3. The summed E-state index contributed by atoms with van der Waals surface area (Å²) in [7, 11) is 2.07. The van der Waals surface area contributed by atoms with E-state index in [0.29, 0.717) is 0 Å². The summed E-state index contributed by atoms with van der Waals surface area (Å²) in [4.78, 5) is 2.54.